The van der Waals surface area contributed by atoms with Crippen molar-refractivity contribution in [3.8, 4) is 5.88 Å². The molecule has 2 aliphatic rings. The predicted octanol–water partition coefficient (Wildman–Crippen LogP) is 4.49. The number of rotatable bonds is 5. The van der Waals surface area contributed by atoms with Crippen LogP contribution in [0.15, 0.2) is 67.3 Å². The van der Waals surface area contributed by atoms with Crippen LogP contribution in [0.1, 0.15) is 24.0 Å². The Morgan fingerprint density at radius 1 is 1.03 bits per heavy atom. The summed E-state index contributed by atoms with van der Waals surface area (Å²) in [5, 5.41) is 7.69. The van der Waals surface area contributed by atoms with E-state index in [0.29, 0.717) is 5.88 Å². The molecule has 6 rings (SSSR count). The highest BCUT2D eigenvalue weighted by Gasteiger charge is 2.19. The second kappa shape index (κ2) is 9.31. The molecule has 1 aromatic carbocycles. The molecule has 0 bridgehead atoms. The Morgan fingerprint density at radius 3 is 2.80 bits per heavy atom. The zero-order chi connectivity index (χ0) is 23.6. The normalized spacial score (nSPS) is 16.3. The van der Waals surface area contributed by atoms with Crippen molar-refractivity contribution in [2.24, 2.45) is 0 Å². The molecule has 8 heteroatoms. The van der Waals surface area contributed by atoms with Gasteiger partial charge in [0, 0.05) is 42.8 Å². The van der Waals surface area contributed by atoms with Crippen LogP contribution in [-0.4, -0.2) is 57.6 Å². The van der Waals surface area contributed by atoms with E-state index in [0.717, 1.165) is 77.4 Å². The molecule has 0 saturated carbocycles. The number of fused-ring (bicyclic) bond motifs is 2. The minimum Gasteiger partial charge on any atom is -0.474 e. The van der Waals surface area contributed by atoms with E-state index in [4.69, 9.17) is 4.74 Å². The smallest absolute Gasteiger partial charge is 0.213 e. The zero-order valence-corrected chi connectivity index (χ0v) is 19.6. The number of ether oxygens (including phenoxy) is 1. The third kappa shape index (κ3) is 4.52. The number of aromatic nitrogens is 4. The molecule has 0 spiro atoms. The Bertz CT molecular complexity index is 1380. The SMILES string of the molecule is CN1CCC(Oc2ccc(Nc3ncnc4ccc(C5=CCNc6ncccc65)cc34)cn2)CC1. The monoisotopic (exact) mass is 465 g/mol. The van der Waals surface area contributed by atoms with Gasteiger partial charge in [0.25, 0.3) is 0 Å². The van der Waals surface area contributed by atoms with Crippen molar-refractivity contribution in [2.45, 2.75) is 18.9 Å². The third-order valence-electron chi connectivity index (χ3n) is 6.57. The number of pyridine rings is 2. The first-order chi connectivity index (χ1) is 17.2. The molecule has 1 saturated heterocycles. The Balaban J connectivity index is 1.24. The summed E-state index contributed by atoms with van der Waals surface area (Å²) in [6.45, 7) is 2.86. The van der Waals surface area contributed by atoms with Gasteiger partial charge in [0.1, 0.15) is 24.1 Å². The number of benzene rings is 1. The quantitative estimate of drug-likeness (QED) is 0.446. The van der Waals surface area contributed by atoms with Crippen molar-refractivity contribution >= 4 is 33.8 Å². The maximum absolute atomic E-state index is 6.08. The summed E-state index contributed by atoms with van der Waals surface area (Å²) in [6.07, 6.45) is 9.66. The highest BCUT2D eigenvalue weighted by atomic mass is 16.5. The maximum Gasteiger partial charge on any atom is 0.213 e. The first-order valence-electron chi connectivity index (χ1n) is 12.0. The van der Waals surface area contributed by atoms with Gasteiger partial charge in [0.2, 0.25) is 5.88 Å². The first kappa shape index (κ1) is 21.5. The molecule has 2 aliphatic heterocycles. The van der Waals surface area contributed by atoms with E-state index in [9.17, 15) is 0 Å². The van der Waals surface area contributed by atoms with Crippen LogP contribution in [0.4, 0.5) is 17.3 Å². The molecule has 0 aliphatic carbocycles. The van der Waals surface area contributed by atoms with E-state index >= 15 is 0 Å². The van der Waals surface area contributed by atoms with Gasteiger partial charge in [0.05, 0.1) is 17.4 Å². The van der Waals surface area contributed by atoms with Crippen molar-refractivity contribution in [2.75, 3.05) is 37.3 Å². The van der Waals surface area contributed by atoms with Crippen molar-refractivity contribution in [1.82, 2.24) is 24.8 Å². The lowest BCUT2D eigenvalue weighted by Gasteiger charge is -2.28. The largest absolute Gasteiger partial charge is 0.474 e. The second-order valence-corrected chi connectivity index (χ2v) is 8.98. The van der Waals surface area contributed by atoms with Gasteiger partial charge < -0.3 is 20.3 Å². The molecule has 35 heavy (non-hydrogen) atoms. The van der Waals surface area contributed by atoms with E-state index < -0.39 is 0 Å². The fourth-order valence-corrected chi connectivity index (χ4v) is 4.65. The minimum absolute atomic E-state index is 0.228. The summed E-state index contributed by atoms with van der Waals surface area (Å²) in [7, 11) is 2.15. The fourth-order valence-electron chi connectivity index (χ4n) is 4.65. The molecular weight excluding hydrogens is 438 g/mol. The molecule has 2 N–H and O–H groups in total. The molecule has 176 valence electrons. The Morgan fingerprint density at radius 2 is 1.94 bits per heavy atom. The molecule has 5 heterocycles. The second-order valence-electron chi connectivity index (χ2n) is 8.98. The Hall–Kier alpha value is -4.04. The molecule has 0 radical (unpaired) electrons. The average Bonchev–Trinajstić information content (AvgIpc) is 2.91. The molecule has 3 aromatic heterocycles. The van der Waals surface area contributed by atoms with Gasteiger partial charge in [-0.15, -0.1) is 0 Å². The Kier molecular flexibility index (Phi) is 5.71. The summed E-state index contributed by atoms with van der Waals surface area (Å²) in [4.78, 5) is 20.3. The first-order valence-corrected chi connectivity index (χ1v) is 12.0. The van der Waals surface area contributed by atoms with Gasteiger partial charge in [0.15, 0.2) is 0 Å². The number of nitrogens with one attached hydrogen (secondary N) is 2. The Labute approximate surface area is 204 Å². The summed E-state index contributed by atoms with van der Waals surface area (Å²) >= 11 is 0. The third-order valence-corrected chi connectivity index (χ3v) is 6.57. The molecule has 0 amide bonds. The van der Waals surface area contributed by atoms with E-state index in [1.165, 1.54) is 0 Å². The number of hydrogen-bond acceptors (Lipinski definition) is 8. The van der Waals surface area contributed by atoms with Gasteiger partial charge in [-0.2, -0.15) is 0 Å². The summed E-state index contributed by atoms with van der Waals surface area (Å²) in [6, 6.07) is 14.2. The van der Waals surface area contributed by atoms with Crippen LogP contribution in [-0.2, 0) is 0 Å². The summed E-state index contributed by atoms with van der Waals surface area (Å²) in [5.41, 5.74) is 5.07. The average molecular weight is 466 g/mol. The fraction of sp³-hybridized carbons (Fsp3) is 0.259. The molecular formula is C27H27N7O. The zero-order valence-electron chi connectivity index (χ0n) is 19.6. The number of hydrogen-bond donors (Lipinski definition) is 2. The molecule has 0 atom stereocenters. The standard InChI is InChI=1S/C27H27N7O/c1-34-13-9-20(10-14-34)35-25-7-5-19(16-30-25)33-27-23-15-18(4-6-24(23)31-17-32-27)21-8-12-29-26-22(21)3-2-11-28-26/h2-8,11,15-17,20H,9-10,12-14H2,1H3,(H,28,29)(H,31,32,33). The number of piperidine rings is 1. The van der Waals surface area contributed by atoms with E-state index in [-0.39, 0.29) is 6.10 Å². The van der Waals surface area contributed by atoms with Crippen LogP contribution in [0.3, 0.4) is 0 Å². The van der Waals surface area contributed by atoms with Gasteiger partial charge in [-0.05, 0) is 61.4 Å². The van der Waals surface area contributed by atoms with Crippen LogP contribution >= 0.6 is 0 Å². The lowest BCUT2D eigenvalue weighted by Crippen LogP contribution is -2.35. The van der Waals surface area contributed by atoms with Gasteiger partial charge in [-0.25, -0.2) is 19.9 Å². The number of likely N-dealkylation sites (tertiary alicyclic amines) is 1. The molecule has 1 fully saturated rings. The van der Waals surface area contributed by atoms with Crippen molar-refractivity contribution in [3.63, 3.8) is 0 Å². The van der Waals surface area contributed by atoms with Gasteiger partial charge in [-0.3, -0.25) is 0 Å². The van der Waals surface area contributed by atoms with Crippen molar-refractivity contribution < 1.29 is 4.74 Å². The molecule has 0 unspecified atom stereocenters. The number of nitrogens with zero attached hydrogens (tertiary/aromatic N) is 5. The van der Waals surface area contributed by atoms with Crippen LogP contribution in [0.5, 0.6) is 5.88 Å². The topological polar surface area (TPSA) is 88.1 Å². The van der Waals surface area contributed by atoms with Crippen LogP contribution < -0.4 is 15.4 Å². The van der Waals surface area contributed by atoms with Crippen LogP contribution in [0, 0.1) is 0 Å². The lowest BCUT2D eigenvalue weighted by atomic mass is 9.95. The maximum atomic E-state index is 6.08. The number of anilines is 3. The van der Waals surface area contributed by atoms with E-state index in [2.05, 4.69) is 66.8 Å². The molecule has 8 nitrogen and oxygen atoms in total. The predicted molar refractivity (Wildman–Crippen MR) is 138 cm³/mol. The van der Waals surface area contributed by atoms with Crippen LogP contribution in [0.2, 0.25) is 0 Å². The lowest BCUT2D eigenvalue weighted by molar-refractivity contribution is 0.110. The van der Waals surface area contributed by atoms with Crippen LogP contribution in [0.25, 0.3) is 16.5 Å². The van der Waals surface area contributed by atoms with Crippen molar-refractivity contribution in [3.05, 3.63) is 78.4 Å². The summed E-state index contributed by atoms with van der Waals surface area (Å²) < 4.78 is 6.08. The minimum atomic E-state index is 0.228. The van der Waals surface area contributed by atoms with Gasteiger partial charge in [-0.1, -0.05) is 12.1 Å². The molecule has 4 aromatic rings. The van der Waals surface area contributed by atoms with E-state index in [1.54, 1.807) is 12.5 Å². The highest BCUT2D eigenvalue weighted by Crippen LogP contribution is 2.33. The van der Waals surface area contributed by atoms with Gasteiger partial charge >= 0.3 is 0 Å². The highest BCUT2D eigenvalue weighted by molar-refractivity contribution is 5.96. The van der Waals surface area contributed by atoms with E-state index in [1.807, 2.05) is 30.5 Å². The summed E-state index contributed by atoms with van der Waals surface area (Å²) in [5.74, 6) is 2.30. The van der Waals surface area contributed by atoms with Crippen molar-refractivity contribution in [1.29, 1.82) is 0 Å².